The summed E-state index contributed by atoms with van der Waals surface area (Å²) in [7, 11) is 0. The number of nitrogens with zero attached hydrogens (tertiary/aromatic N) is 2. The summed E-state index contributed by atoms with van der Waals surface area (Å²) in [6, 6.07) is 8.25. The summed E-state index contributed by atoms with van der Waals surface area (Å²) < 4.78 is 49.3. The van der Waals surface area contributed by atoms with Gasteiger partial charge in [0.25, 0.3) is 0 Å². The summed E-state index contributed by atoms with van der Waals surface area (Å²) in [5, 5.41) is -0.0594. The van der Waals surface area contributed by atoms with E-state index in [0.29, 0.717) is 12.1 Å². The largest absolute Gasteiger partial charge is 0.367 e. The lowest BCUT2D eigenvalue weighted by Gasteiger charge is -2.21. The van der Waals surface area contributed by atoms with Crippen LogP contribution in [-0.2, 0) is 17.9 Å². The number of thioether (sulfide) groups is 1. The highest BCUT2D eigenvalue weighted by molar-refractivity contribution is 8.00. The van der Waals surface area contributed by atoms with E-state index < -0.39 is 17.7 Å². The average Bonchev–Trinajstić information content (AvgIpc) is 3.23. The molecule has 2 heterocycles. The first kappa shape index (κ1) is 17.2. The van der Waals surface area contributed by atoms with Crippen LogP contribution in [0.2, 0.25) is 0 Å². The Bertz CT molecular complexity index is 897. The van der Waals surface area contributed by atoms with Crippen LogP contribution in [-0.4, -0.2) is 14.8 Å². The maximum Gasteiger partial charge on any atom is 0.131 e. The number of fused-ring (bicyclic) bond motifs is 1. The molecule has 0 amide bonds. The molecule has 7 heteroatoms. The normalized spacial score (nSPS) is 18.9. The summed E-state index contributed by atoms with van der Waals surface area (Å²) in [5.41, 5.74) is 0.584. The molecule has 26 heavy (non-hydrogen) atoms. The van der Waals surface area contributed by atoms with E-state index in [1.54, 1.807) is 30.4 Å². The van der Waals surface area contributed by atoms with Gasteiger partial charge in [-0.05, 0) is 35.9 Å². The van der Waals surface area contributed by atoms with Crippen molar-refractivity contribution in [1.82, 2.24) is 9.55 Å². The SMILES string of the molecule is Fc1ccc2c(c1)[C@@H](OCc1c(F)cccc1F)[C@@H](Cn1ccnc1)S2. The summed E-state index contributed by atoms with van der Waals surface area (Å²) in [6.07, 6.45) is 4.72. The van der Waals surface area contributed by atoms with Crippen molar-refractivity contribution in [2.45, 2.75) is 29.4 Å². The highest BCUT2D eigenvalue weighted by Gasteiger charge is 2.35. The van der Waals surface area contributed by atoms with Crippen molar-refractivity contribution in [3.05, 3.63) is 83.7 Å². The third-order valence-corrected chi connectivity index (χ3v) is 5.64. The van der Waals surface area contributed by atoms with E-state index in [-0.39, 0.29) is 23.2 Å². The van der Waals surface area contributed by atoms with Crippen molar-refractivity contribution in [2.75, 3.05) is 0 Å². The Labute approximate surface area is 152 Å². The van der Waals surface area contributed by atoms with Gasteiger partial charge in [0.1, 0.15) is 17.5 Å². The molecule has 0 saturated carbocycles. The van der Waals surface area contributed by atoms with Gasteiger partial charge >= 0.3 is 0 Å². The lowest BCUT2D eigenvalue weighted by molar-refractivity contribution is 0.0333. The number of hydrogen-bond acceptors (Lipinski definition) is 3. The molecule has 1 aliphatic heterocycles. The number of rotatable bonds is 5. The van der Waals surface area contributed by atoms with Crippen LogP contribution in [0, 0.1) is 17.5 Å². The van der Waals surface area contributed by atoms with Gasteiger partial charge in [-0.15, -0.1) is 11.8 Å². The highest BCUT2D eigenvalue weighted by atomic mass is 32.2. The van der Waals surface area contributed by atoms with Crippen molar-refractivity contribution in [2.24, 2.45) is 0 Å². The van der Waals surface area contributed by atoms with Gasteiger partial charge in [0.2, 0.25) is 0 Å². The van der Waals surface area contributed by atoms with Crippen LogP contribution in [0.3, 0.4) is 0 Å². The fourth-order valence-electron chi connectivity index (χ4n) is 3.05. The maximum absolute atomic E-state index is 13.9. The smallest absolute Gasteiger partial charge is 0.131 e. The molecule has 1 aliphatic rings. The second kappa shape index (κ2) is 7.17. The molecule has 0 N–H and O–H groups in total. The van der Waals surface area contributed by atoms with Gasteiger partial charge < -0.3 is 9.30 Å². The molecule has 3 aromatic rings. The van der Waals surface area contributed by atoms with Crippen LogP contribution in [0.1, 0.15) is 17.2 Å². The van der Waals surface area contributed by atoms with E-state index in [9.17, 15) is 13.2 Å². The molecule has 0 saturated heterocycles. The Morgan fingerprint density at radius 3 is 2.65 bits per heavy atom. The molecule has 0 bridgehead atoms. The molecule has 2 atom stereocenters. The highest BCUT2D eigenvalue weighted by Crippen LogP contribution is 2.47. The van der Waals surface area contributed by atoms with Gasteiger partial charge in [0.05, 0.1) is 24.3 Å². The summed E-state index contributed by atoms with van der Waals surface area (Å²) in [5.74, 6) is -1.67. The Morgan fingerprint density at radius 2 is 1.92 bits per heavy atom. The molecular formula is C19H15F3N2OS. The Morgan fingerprint density at radius 1 is 1.12 bits per heavy atom. The molecule has 4 rings (SSSR count). The predicted octanol–water partition coefficient (Wildman–Crippen LogP) is 4.73. The van der Waals surface area contributed by atoms with Gasteiger partial charge in [0.15, 0.2) is 0 Å². The molecule has 0 radical (unpaired) electrons. The topological polar surface area (TPSA) is 27.1 Å². The van der Waals surface area contributed by atoms with Gasteiger partial charge in [-0.1, -0.05) is 6.07 Å². The third kappa shape index (κ3) is 3.37. The Balaban J connectivity index is 1.60. The Hall–Kier alpha value is -2.25. The standard InChI is InChI=1S/C19H15F3N2OS/c20-12-4-5-17-13(8-12)19(18(26-17)9-24-7-6-23-11-24)25-10-14-15(21)2-1-3-16(14)22/h1-8,11,18-19H,9-10H2/t18-,19-/m1/s1. The van der Waals surface area contributed by atoms with Gasteiger partial charge in [-0.3, -0.25) is 0 Å². The van der Waals surface area contributed by atoms with Gasteiger partial charge in [-0.25, -0.2) is 18.2 Å². The molecular weight excluding hydrogens is 361 g/mol. The number of imidazole rings is 1. The van der Waals surface area contributed by atoms with E-state index in [2.05, 4.69) is 4.98 Å². The molecule has 134 valence electrons. The monoisotopic (exact) mass is 376 g/mol. The second-order valence-corrected chi connectivity index (χ2v) is 7.31. The number of hydrogen-bond donors (Lipinski definition) is 0. The molecule has 0 spiro atoms. The van der Waals surface area contributed by atoms with Crippen LogP contribution in [0.15, 0.2) is 60.0 Å². The van der Waals surface area contributed by atoms with Gasteiger partial charge in [0, 0.05) is 29.4 Å². The Kier molecular flexibility index (Phi) is 4.74. The molecule has 0 fully saturated rings. The van der Waals surface area contributed by atoms with Crippen LogP contribution in [0.5, 0.6) is 0 Å². The zero-order valence-corrected chi connectivity index (χ0v) is 14.4. The fourth-order valence-corrected chi connectivity index (χ4v) is 4.43. The number of aromatic nitrogens is 2. The van der Waals surface area contributed by atoms with Crippen molar-refractivity contribution in [1.29, 1.82) is 0 Å². The molecule has 1 aromatic heterocycles. The number of halogens is 3. The van der Waals surface area contributed by atoms with Crippen molar-refractivity contribution >= 4 is 11.8 Å². The average molecular weight is 376 g/mol. The lowest BCUT2D eigenvalue weighted by atomic mass is 10.1. The minimum absolute atomic E-state index is 0.0594. The molecule has 0 aliphatic carbocycles. The minimum Gasteiger partial charge on any atom is -0.367 e. The van der Waals surface area contributed by atoms with Crippen molar-refractivity contribution in [3.8, 4) is 0 Å². The fraction of sp³-hybridized carbons (Fsp3) is 0.211. The third-order valence-electron chi connectivity index (χ3n) is 4.31. The zero-order valence-electron chi connectivity index (χ0n) is 13.6. The van der Waals surface area contributed by atoms with Crippen molar-refractivity contribution < 1.29 is 17.9 Å². The molecule has 0 unspecified atom stereocenters. The molecule has 3 nitrogen and oxygen atoms in total. The summed E-state index contributed by atoms with van der Waals surface area (Å²) in [6.45, 7) is 0.367. The lowest BCUT2D eigenvalue weighted by Crippen LogP contribution is -2.20. The van der Waals surface area contributed by atoms with E-state index in [1.165, 1.54) is 30.3 Å². The van der Waals surface area contributed by atoms with E-state index in [4.69, 9.17) is 4.74 Å². The maximum atomic E-state index is 13.9. The number of ether oxygens (including phenoxy) is 1. The van der Waals surface area contributed by atoms with Crippen LogP contribution >= 0.6 is 11.8 Å². The minimum atomic E-state index is -0.652. The predicted molar refractivity (Wildman–Crippen MR) is 92.2 cm³/mol. The number of benzene rings is 2. The summed E-state index contributed by atoms with van der Waals surface area (Å²) >= 11 is 1.57. The van der Waals surface area contributed by atoms with Crippen LogP contribution in [0.4, 0.5) is 13.2 Å². The first-order valence-corrected chi connectivity index (χ1v) is 8.96. The van der Waals surface area contributed by atoms with E-state index in [0.717, 1.165) is 4.90 Å². The van der Waals surface area contributed by atoms with Crippen LogP contribution < -0.4 is 0 Å². The van der Waals surface area contributed by atoms with Crippen molar-refractivity contribution in [3.63, 3.8) is 0 Å². The zero-order chi connectivity index (χ0) is 18.1. The van der Waals surface area contributed by atoms with E-state index in [1.807, 2.05) is 10.8 Å². The van der Waals surface area contributed by atoms with E-state index >= 15 is 0 Å². The molecule has 2 aromatic carbocycles. The first-order chi connectivity index (χ1) is 12.6. The first-order valence-electron chi connectivity index (χ1n) is 8.08. The van der Waals surface area contributed by atoms with Crippen LogP contribution in [0.25, 0.3) is 0 Å². The summed E-state index contributed by atoms with van der Waals surface area (Å²) in [4.78, 5) is 4.94. The second-order valence-electron chi connectivity index (χ2n) is 6.03. The quantitative estimate of drug-likeness (QED) is 0.644. The van der Waals surface area contributed by atoms with Gasteiger partial charge in [-0.2, -0.15) is 0 Å².